The Morgan fingerprint density at radius 1 is 1.14 bits per heavy atom. The predicted molar refractivity (Wildman–Crippen MR) is 77.7 cm³/mol. The van der Waals surface area contributed by atoms with Crippen LogP contribution >= 0.6 is 0 Å². The van der Waals surface area contributed by atoms with Crippen LogP contribution in [0.1, 0.15) is 34.1 Å². The van der Waals surface area contributed by atoms with Gasteiger partial charge in [0.25, 0.3) is 0 Å². The fourth-order valence-corrected chi connectivity index (χ4v) is 2.19. The number of carbonyl (C=O) groups excluding carboxylic acids is 2. The summed E-state index contributed by atoms with van der Waals surface area (Å²) < 4.78 is 38.2. The maximum atomic E-state index is 11.4. The minimum atomic E-state index is -3.78. The second-order valence-electron chi connectivity index (χ2n) is 5.40. The monoisotopic (exact) mass is 340 g/mol. The van der Waals surface area contributed by atoms with Gasteiger partial charge in [-0.3, -0.25) is 9.59 Å². The van der Waals surface area contributed by atoms with Crippen LogP contribution in [0, 0.1) is 0 Å². The van der Waals surface area contributed by atoms with E-state index in [1.807, 2.05) is 0 Å². The number of aliphatic hydroxyl groups excluding tert-OH is 1. The highest BCUT2D eigenvalue weighted by Gasteiger charge is 2.41. The summed E-state index contributed by atoms with van der Waals surface area (Å²) in [6.45, 7) is 5.12. The molecule has 0 bridgehead atoms. The number of rotatable bonds is 9. The van der Waals surface area contributed by atoms with Gasteiger partial charge in [0.05, 0.1) is 12.7 Å². The van der Waals surface area contributed by atoms with Crippen molar-refractivity contribution in [2.45, 2.75) is 51.3 Å². The van der Waals surface area contributed by atoms with Gasteiger partial charge in [-0.2, -0.15) is 0 Å². The quantitative estimate of drug-likeness (QED) is 0.584. The molecule has 0 fully saturated rings. The lowest BCUT2D eigenvalue weighted by Gasteiger charge is -2.34. The number of carbonyl (C=O) groups is 2. The lowest BCUT2D eigenvalue weighted by Crippen LogP contribution is -2.48. The van der Waals surface area contributed by atoms with Crippen LogP contribution in [0.3, 0.4) is 0 Å². The largest absolute Gasteiger partial charge is 0.462 e. The summed E-state index contributed by atoms with van der Waals surface area (Å²) in [5, 5.41) is 9.79. The molecule has 0 radical (unpaired) electrons. The molecule has 0 aromatic heterocycles. The molecule has 2 unspecified atom stereocenters. The number of aliphatic hydroxyl groups is 1. The summed E-state index contributed by atoms with van der Waals surface area (Å²) in [5.41, 5.74) is -3.36. The zero-order valence-electron chi connectivity index (χ0n) is 13.5. The van der Waals surface area contributed by atoms with Gasteiger partial charge in [0.1, 0.15) is 6.61 Å². The lowest BCUT2D eigenvalue weighted by atomic mass is 10.0. The minimum Gasteiger partial charge on any atom is -0.462 e. The molecule has 0 rings (SSSR count). The van der Waals surface area contributed by atoms with Gasteiger partial charge in [0.15, 0.2) is 20.9 Å². The third-order valence-corrected chi connectivity index (χ3v) is 3.77. The van der Waals surface area contributed by atoms with Crippen LogP contribution in [0.2, 0.25) is 0 Å². The van der Waals surface area contributed by atoms with Crippen LogP contribution in [-0.4, -0.2) is 62.1 Å². The average molecular weight is 340 g/mol. The van der Waals surface area contributed by atoms with Crippen molar-refractivity contribution in [2.75, 3.05) is 19.5 Å². The number of esters is 2. The Kier molecular flexibility index (Phi) is 7.99. The first kappa shape index (κ1) is 20.8. The highest BCUT2D eigenvalue weighted by molar-refractivity contribution is 7.91. The molecule has 0 spiro atoms. The molecule has 0 aliphatic carbocycles. The van der Waals surface area contributed by atoms with Crippen molar-refractivity contribution in [3.8, 4) is 0 Å². The van der Waals surface area contributed by atoms with Gasteiger partial charge in [-0.1, -0.05) is 0 Å². The molecule has 0 amide bonds. The fraction of sp³-hybridized carbons (Fsp3) is 0.846. The van der Waals surface area contributed by atoms with Gasteiger partial charge in [-0.05, 0) is 13.8 Å². The Morgan fingerprint density at radius 2 is 1.68 bits per heavy atom. The zero-order chi connectivity index (χ0) is 17.6. The smallest absolute Gasteiger partial charge is 0.303 e. The predicted octanol–water partition coefficient (Wildman–Crippen LogP) is 0.0295. The van der Waals surface area contributed by atoms with Crippen molar-refractivity contribution in [1.29, 1.82) is 0 Å². The normalized spacial score (nSPS) is 16.0. The highest BCUT2D eigenvalue weighted by atomic mass is 32.2. The van der Waals surface area contributed by atoms with E-state index in [0.29, 0.717) is 0 Å². The molecule has 22 heavy (non-hydrogen) atoms. The van der Waals surface area contributed by atoms with Gasteiger partial charge >= 0.3 is 11.9 Å². The van der Waals surface area contributed by atoms with E-state index >= 15 is 0 Å². The van der Waals surface area contributed by atoms with Crippen LogP contribution < -0.4 is 0 Å². The first-order chi connectivity index (χ1) is 9.88. The summed E-state index contributed by atoms with van der Waals surface area (Å²) in [5.74, 6) is -1.34. The van der Waals surface area contributed by atoms with Crippen LogP contribution in [0.25, 0.3) is 0 Å². The van der Waals surface area contributed by atoms with E-state index < -0.39 is 45.8 Å². The molecule has 130 valence electrons. The standard InChI is InChI=1S/C13H24O8S/c1-9(2)19-7-13(21-11(4)15,8-20-10(3)14)6-12(16)22(5,17)18/h9,12,16H,6-8H2,1-5H3. The van der Waals surface area contributed by atoms with Gasteiger partial charge in [-0.25, -0.2) is 8.42 Å². The average Bonchev–Trinajstić information content (AvgIpc) is 2.32. The van der Waals surface area contributed by atoms with Crippen LogP contribution in [0.5, 0.6) is 0 Å². The Morgan fingerprint density at radius 3 is 2.05 bits per heavy atom. The second kappa shape index (κ2) is 8.44. The van der Waals surface area contributed by atoms with E-state index in [9.17, 15) is 23.1 Å². The van der Waals surface area contributed by atoms with Gasteiger partial charge in [0.2, 0.25) is 0 Å². The van der Waals surface area contributed by atoms with Crippen molar-refractivity contribution in [1.82, 2.24) is 0 Å². The number of hydrogen-bond acceptors (Lipinski definition) is 8. The maximum Gasteiger partial charge on any atom is 0.303 e. The molecule has 0 aromatic rings. The molecule has 0 heterocycles. The molecule has 9 heteroatoms. The molecule has 0 aromatic carbocycles. The molecular formula is C13H24O8S. The fourth-order valence-electron chi connectivity index (χ4n) is 1.59. The Labute approximate surface area is 130 Å². The van der Waals surface area contributed by atoms with Crippen LogP contribution in [0.15, 0.2) is 0 Å². The summed E-state index contributed by atoms with van der Waals surface area (Å²) >= 11 is 0. The van der Waals surface area contributed by atoms with E-state index in [1.165, 1.54) is 0 Å². The highest BCUT2D eigenvalue weighted by Crippen LogP contribution is 2.23. The van der Waals surface area contributed by atoms with Crippen molar-refractivity contribution in [3.05, 3.63) is 0 Å². The van der Waals surface area contributed by atoms with Crippen molar-refractivity contribution in [3.63, 3.8) is 0 Å². The molecule has 2 atom stereocenters. The molecule has 0 saturated carbocycles. The van der Waals surface area contributed by atoms with Crippen molar-refractivity contribution >= 4 is 21.8 Å². The molecule has 8 nitrogen and oxygen atoms in total. The van der Waals surface area contributed by atoms with E-state index in [1.54, 1.807) is 13.8 Å². The molecule has 1 N–H and O–H groups in total. The number of hydrogen-bond donors (Lipinski definition) is 1. The molecular weight excluding hydrogens is 316 g/mol. The molecule has 0 aliphatic rings. The summed E-state index contributed by atoms with van der Waals surface area (Å²) in [7, 11) is -3.78. The van der Waals surface area contributed by atoms with Crippen LogP contribution in [-0.2, 0) is 33.6 Å². The molecule has 0 saturated heterocycles. The summed E-state index contributed by atoms with van der Waals surface area (Å²) in [6.07, 6.45) is 0.152. The van der Waals surface area contributed by atoms with Crippen molar-refractivity contribution in [2.24, 2.45) is 0 Å². The van der Waals surface area contributed by atoms with E-state index in [0.717, 1.165) is 20.1 Å². The van der Waals surface area contributed by atoms with E-state index in [2.05, 4.69) is 0 Å². The summed E-state index contributed by atoms with van der Waals surface area (Å²) in [6, 6.07) is 0. The first-order valence-electron chi connectivity index (χ1n) is 6.69. The first-order valence-corrected chi connectivity index (χ1v) is 8.65. The zero-order valence-corrected chi connectivity index (χ0v) is 14.3. The second-order valence-corrected chi connectivity index (χ2v) is 7.61. The topological polar surface area (TPSA) is 116 Å². The molecule has 0 aliphatic heterocycles. The number of ether oxygens (including phenoxy) is 3. The lowest BCUT2D eigenvalue weighted by molar-refractivity contribution is -0.184. The Balaban J connectivity index is 5.39. The van der Waals surface area contributed by atoms with Gasteiger partial charge in [-0.15, -0.1) is 0 Å². The van der Waals surface area contributed by atoms with Gasteiger partial charge in [0, 0.05) is 26.5 Å². The Bertz CT molecular complexity index is 484. The maximum absolute atomic E-state index is 11.4. The third-order valence-electron chi connectivity index (χ3n) is 2.62. The van der Waals surface area contributed by atoms with Gasteiger partial charge < -0.3 is 19.3 Å². The third kappa shape index (κ3) is 8.30. The number of sulfone groups is 1. The summed E-state index contributed by atoms with van der Waals surface area (Å²) in [4.78, 5) is 22.3. The van der Waals surface area contributed by atoms with Crippen LogP contribution in [0.4, 0.5) is 0 Å². The minimum absolute atomic E-state index is 0.218. The Hall–Kier alpha value is -1.19. The van der Waals surface area contributed by atoms with Crippen molar-refractivity contribution < 1.29 is 37.3 Å². The SMILES string of the molecule is CC(=O)OCC(COC(C)C)(CC(O)S(C)(=O)=O)OC(C)=O. The van der Waals surface area contributed by atoms with E-state index in [-0.39, 0.29) is 12.7 Å². The van der Waals surface area contributed by atoms with E-state index in [4.69, 9.17) is 14.2 Å².